The second kappa shape index (κ2) is 7.85. The summed E-state index contributed by atoms with van der Waals surface area (Å²) in [5.41, 5.74) is 1.17. The zero-order valence-corrected chi connectivity index (χ0v) is 14.8. The van der Waals surface area contributed by atoms with Crippen LogP contribution < -0.4 is 5.32 Å². The Morgan fingerprint density at radius 1 is 1.14 bits per heavy atom. The molecule has 0 spiro atoms. The van der Waals surface area contributed by atoms with Gasteiger partial charge in [-0.1, -0.05) is 56.1 Å². The molecule has 1 nitrogen and oxygen atoms in total. The van der Waals surface area contributed by atoms with E-state index in [0.717, 1.165) is 29.8 Å². The molecular formula is C18H27Cl2N. The van der Waals surface area contributed by atoms with Crippen LogP contribution in [0.15, 0.2) is 18.2 Å². The number of nitrogens with one attached hydrogen (secondary N) is 1. The Kier molecular flexibility index (Phi) is 6.40. The topological polar surface area (TPSA) is 12.0 Å². The van der Waals surface area contributed by atoms with Crippen molar-refractivity contribution in [3.8, 4) is 0 Å². The summed E-state index contributed by atoms with van der Waals surface area (Å²) in [5.74, 6) is 2.23. The predicted octanol–water partition coefficient (Wildman–Crippen LogP) is 6.11. The van der Waals surface area contributed by atoms with Crippen molar-refractivity contribution in [2.75, 3.05) is 6.54 Å². The highest BCUT2D eigenvalue weighted by atomic mass is 35.5. The molecule has 1 aliphatic rings. The van der Waals surface area contributed by atoms with Crippen LogP contribution in [0.5, 0.6) is 0 Å². The fourth-order valence-corrected chi connectivity index (χ4v) is 4.30. The van der Waals surface area contributed by atoms with Gasteiger partial charge in [0.1, 0.15) is 0 Å². The average Bonchev–Trinajstić information content (AvgIpc) is 2.42. The molecule has 2 rings (SSSR count). The van der Waals surface area contributed by atoms with Gasteiger partial charge in [-0.2, -0.15) is 0 Å². The van der Waals surface area contributed by atoms with Crippen LogP contribution in [0.4, 0.5) is 0 Å². The Labute approximate surface area is 139 Å². The SMILES string of the molecule is CCCNC(c1cccc(Cl)c1Cl)C1CC(C)CC(C)C1. The lowest BCUT2D eigenvalue weighted by atomic mass is 9.72. The first kappa shape index (κ1) is 17.1. The highest BCUT2D eigenvalue weighted by molar-refractivity contribution is 6.42. The summed E-state index contributed by atoms with van der Waals surface area (Å²) in [4.78, 5) is 0. The molecule has 1 fully saturated rings. The van der Waals surface area contributed by atoms with Crippen LogP contribution in [-0.2, 0) is 0 Å². The van der Waals surface area contributed by atoms with Crippen LogP contribution in [0.1, 0.15) is 58.1 Å². The van der Waals surface area contributed by atoms with E-state index in [1.54, 1.807) is 0 Å². The van der Waals surface area contributed by atoms with Gasteiger partial charge in [0.25, 0.3) is 0 Å². The quantitative estimate of drug-likeness (QED) is 0.688. The molecule has 0 heterocycles. The Hall–Kier alpha value is -0.240. The number of rotatable bonds is 5. The number of benzene rings is 1. The zero-order valence-electron chi connectivity index (χ0n) is 13.3. The molecule has 1 N–H and O–H groups in total. The Balaban J connectivity index is 2.27. The van der Waals surface area contributed by atoms with Gasteiger partial charge in [0.15, 0.2) is 0 Å². The van der Waals surface area contributed by atoms with Gasteiger partial charge in [0, 0.05) is 6.04 Å². The van der Waals surface area contributed by atoms with E-state index in [2.05, 4.69) is 32.2 Å². The zero-order chi connectivity index (χ0) is 15.4. The van der Waals surface area contributed by atoms with E-state index in [0.29, 0.717) is 17.0 Å². The van der Waals surface area contributed by atoms with Crippen molar-refractivity contribution < 1.29 is 0 Å². The van der Waals surface area contributed by atoms with Gasteiger partial charge >= 0.3 is 0 Å². The molecule has 21 heavy (non-hydrogen) atoms. The van der Waals surface area contributed by atoms with E-state index in [-0.39, 0.29) is 0 Å². The number of halogens is 2. The maximum atomic E-state index is 6.49. The highest BCUT2D eigenvalue weighted by Gasteiger charge is 2.31. The van der Waals surface area contributed by atoms with Crippen molar-refractivity contribution in [2.45, 2.75) is 52.5 Å². The standard InChI is InChI=1S/C18H27Cl2N/c1-4-8-21-18(14-10-12(2)9-13(3)11-14)15-6-5-7-16(19)17(15)20/h5-7,12-14,18,21H,4,8-11H2,1-3H3. The first-order chi connectivity index (χ1) is 10.0. The van der Waals surface area contributed by atoms with E-state index in [4.69, 9.17) is 23.2 Å². The van der Waals surface area contributed by atoms with Gasteiger partial charge in [-0.15, -0.1) is 0 Å². The molecule has 3 unspecified atom stereocenters. The monoisotopic (exact) mass is 327 g/mol. The smallest absolute Gasteiger partial charge is 0.0640 e. The summed E-state index contributed by atoms with van der Waals surface area (Å²) < 4.78 is 0. The summed E-state index contributed by atoms with van der Waals surface area (Å²) in [6, 6.07) is 6.34. The van der Waals surface area contributed by atoms with Crippen molar-refractivity contribution in [2.24, 2.45) is 17.8 Å². The molecule has 0 aromatic heterocycles. The fraction of sp³-hybridized carbons (Fsp3) is 0.667. The first-order valence-corrected chi connectivity index (χ1v) is 8.95. The van der Waals surface area contributed by atoms with Crippen LogP contribution >= 0.6 is 23.2 Å². The maximum absolute atomic E-state index is 6.49. The Morgan fingerprint density at radius 3 is 2.43 bits per heavy atom. The van der Waals surface area contributed by atoms with Gasteiger partial charge in [-0.05, 0) is 61.6 Å². The molecule has 0 radical (unpaired) electrons. The van der Waals surface area contributed by atoms with Crippen molar-refractivity contribution in [1.82, 2.24) is 5.32 Å². The minimum atomic E-state index is 0.321. The van der Waals surface area contributed by atoms with Crippen molar-refractivity contribution in [3.05, 3.63) is 33.8 Å². The van der Waals surface area contributed by atoms with E-state index in [1.165, 1.54) is 24.8 Å². The summed E-state index contributed by atoms with van der Waals surface area (Å²) in [6.07, 6.45) is 5.02. The van der Waals surface area contributed by atoms with E-state index < -0.39 is 0 Å². The first-order valence-electron chi connectivity index (χ1n) is 8.20. The Morgan fingerprint density at radius 2 is 1.81 bits per heavy atom. The van der Waals surface area contributed by atoms with Crippen molar-refractivity contribution in [3.63, 3.8) is 0 Å². The second-order valence-corrected chi connectivity index (χ2v) is 7.54. The third kappa shape index (κ3) is 4.37. The molecule has 118 valence electrons. The molecule has 0 bridgehead atoms. The van der Waals surface area contributed by atoms with Gasteiger partial charge in [-0.25, -0.2) is 0 Å². The van der Waals surface area contributed by atoms with E-state index >= 15 is 0 Å². The van der Waals surface area contributed by atoms with Crippen LogP contribution in [0.3, 0.4) is 0 Å². The number of hydrogen-bond donors (Lipinski definition) is 1. The van der Waals surface area contributed by atoms with E-state index in [9.17, 15) is 0 Å². The van der Waals surface area contributed by atoms with Gasteiger partial charge in [0.2, 0.25) is 0 Å². The summed E-state index contributed by atoms with van der Waals surface area (Å²) in [6.45, 7) is 7.97. The molecular weight excluding hydrogens is 301 g/mol. The maximum Gasteiger partial charge on any atom is 0.0640 e. The molecule has 1 aromatic carbocycles. The van der Waals surface area contributed by atoms with Crippen LogP contribution in [0.25, 0.3) is 0 Å². The predicted molar refractivity (Wildman–Crippen MR) is 93.2 cm³/mol. The molecule has 1 saturated carbocycles. The molecule has 3 heteroatoms. The van der Waals surface area contributed by atoms with E-state index in [1.807, 2.05) is 12.1 Å². The third-order valence-electron chi connectivity index (χ3n) is 4.62. The lowest BCUT2D eigenvalue weighted by Crippen LogP contribution is -2.34. The van der Waals surface area contributed by atoms with Crippen molar-refractivity contribution >= 4 is 23.2 Å². The summed E-state index contributed by atoms with van der Waals surface area (Å²) in [7, 11) is 0. The van der Waals surface area contributed by atoms with Gasteiger partial charge in [0.05, 0.1) is 10.0 Å². The van der Waals surface area contributed by atoms with Crippen LogP contribution in [0.2, 0.25) is 10.0 Å². The van der Waals surface area contributed by atoms with Gasteiger partial charge in [-0.3, -0.25) is 0 Å². The van der Waals surface area contributed by atoms with Crippen LogP contribution in [-0.4, -0.2) is 6.54 Å². The molecule has 3 atom stereocenters. The minimum Gasteiger partial charge on any atom is -0.310 e. The molecule has 0 saturated heterocycles. The van der Waals surface area contributed by atoms with Crippen LogP contribution in [0, 0.1) is 17.8 Å². The lowest BCUT2D eigenvalue weighted by Gasteiger charge is -2.37. The molecule has 0 amide bonds. The largest absolute Gasteiger partial charge is 0.310 e. The molecule has 1 aliphatic carbocycles. The lowest BCUT2D eigenvalue weighted by molar-refractivity contribution is 0.176. The number of hydrogen-bond acceptors (Lipinski definition) is 1. The normalized spacial score (nSPS) is 27.6. The summed E-state index contributed by atoms with van der Waals surface area (Å²) >= 11 is 12.7. The highest BCUT2D eigenvalue weighted by Crippen LogP contribution is 2.42. The minimum absolute atomic E-state index is 0.321. The third-order valence-corrected chi connectivity index (χ3v) is 5.45. The fourth-order valence-electron chi connectivity index (χ4n) is 3.87. The molecule has 0 aliphatic heterocycles. The van der Waals surface area contributed by atoms with Gasteiger partial charge < -0.3 is 5.32 Å². The van der Waals surface area contributed by atoms with Crippen molar-refractivity contribution in [1.29, 1.82) is 0 Å². The summed E-state index contributed by atoms with van der Waals surface area (Å²) in [5, 5.41) is 5.10. The molecule has 1 aromatic rings. The second-order valence-electron chi connectivity index (χ2n) is 6.75. The Bertz CT molecular complexity index is 451. The average molecular weight is 328 g/mol.